The first-order valence-electron chi connectivity index (χ1n) is 9.41. The molecule has 1 N–H and O–H groups in total. The molecule has 0 aliphatic carbocycles. The quantitative estimate of drug-likeness (QED) is 0.518. The maximum atomic E-state index is 13.4. The van der Waals surface area contributed by atoms with Gasteiger partial charge in [-0.3, -0.25) is 4.72 Å². The van der Waals surface area contributed by atoms with E-state index in [0.29, 0.717) is 16.3 Å². The van der Waals surface area contributed by atoms with Crippen LogP contribution < -0.4 is 4.72 Å². The van der Waals surface area contributed by atoms with Crippen LogP contribution in [0, 0.1) is 27.7 Å². The summed E-state index contributed by atoms with van der Waals surface area (Å²) in [6.45, 7) is 7.57. The van der Waals surface area contributed by atoms with Gasteiger partial charge in [0.25, 0.3) is 10.0 Å². The van der Waals surface area contributed by atoms with Crippen molar-refractivity contribution in [3.8, 4) is 11.3 Å². The standard InChI is InChI=1S/C23H23N3O2S/c1-15-13-16(2)18(4)23(17(15)3)29(27,28)25-20-10-6-5-9-19(20)21-14-26-12-8-7-11-22(26)24-21/h5-14,25H,1-4H3. The van der Waals surface area contributed by atoms with E-state index in [0.717, 1.165) is 33.5 Å². The number of sulfonamides is 1. The molecule has 0 aliphatic rings. The number of nitrogens with one attached hydrogen (secondary N) is 1. The number of fused-ring (bicyclic) bond motifs is 1. The Morgan fingerprint density at radius 2 is 1.55 bits per heavy atom. The van der Waals surface area contributed by atoms with Gasteiger partial charge in [-0.1, -0.05) is 30.3 Å². The molecule has 0 fully saturated rings. The molecule has 6 heteroatoms. The van der Waals surface area contributed by atoms with Gasteiger partial charge in [0.05, 0.1) is 16.3 Å². The lowest BCUT2D eigenvalue weighted by atomic mass is 10.0. The lowest BCUT2D eigenvalue weighted by Crippen LogP contribution is -2.17. The van der Waals surface area contributed by atoms with E-state index in [1.807, 2.05) is 87.0 Å². The predicted molar refractivity (Wildman–Crippen MR) is 117 cm³/mol. The zero-order valence-electron chi connectivity index (χ0n) is 16.9. The molecule has 0 bridgehead atoms. The molecule has 2 aromatic carbocycles. The summed E-state index contributed by atoms with van der Waals surface area (Å²) in [4.78, 5) is 4.98. The van der Waals surface area contributed by atoms with Gasteiger partial charge in [0.2, 0.25) is 0 Å². The minimum absolute atomic E-state index is 0.347. The summed E-state index contributed by atoms with van der Waals surface area (Å²) < 4.78 is 31.5. The fraction of sp³-hybridized carbons (Fsp3) is 0.174. The van der Waals surface area contributed by atoms with Crippen molar-refractivity contribution in [2.75, 3.05) is 4.72 Å². The average Bonchev–Trinajstić information content (AvgIpc) is 3.10. The average molecular weight is 406 g/mol. The fourth-order valence-electron chi connectivity index (χ4n) is 3.64. The highest BCUT2D eigenvalue weighted by molar-refractivity contribution is 7.92. The maximum Gasteiger partial charge on any atom is 0.262 e. The molecular formula is C23H23N3O2S. The van der Waals surface area contributed by atoms with Crippen LogP contribution in [0.5, 0.6) is 0 Å². The molecular weight excluding hydrogens is 382 g/mol. The van der Waals surface area contributed by atoms with E-state index in [-0.39, 0.29) is 0 Å². The topological polar surface area (TPSA) is 63.5 Å². The second-order valence-electron chi connectivity index (χ2n) is 7.33. The van der Waals surface area contributed by atoms with Crippen LogP contribution in [0.1, 0.15) is 22.3 Å². The molecule has 0 atom stereocenters. The van der Waals surface area contributed by atoms with E-state index in [4.69, 9.17) is 0 Å². The van der Waals surface area contributed by atoms with E-state index < -0.39 is 10.0 Å². The fourth-order valence-corrected chi connectivity index (χ4v) is 5.34. The summed E-state index contributed by atoms with van der Waals surface area (Å²) in [5.74, 6) is 0. The van der Waals surface area contributed by atoms with Crippen molar-refractivity contribution in [1.29, 1.82) is 0 Å². The Balaban J connectivity index is 1.82. The molecule has 29 heavy (non-hydrogen) atoms. The number of anilines is 1. The number of aryl methyl sites for hydroxylation is 2. The monoisotopic (exact) mass is 405 g/mol. The summed E-state index contributed by atoms with van der Waals surface area (Å²) in [5.41, 5.74) is 6.22. The Bertz CT molecular complexity index is 1280. The molecule has 0 radical (unpaired) electrons. The minimum atomic E-state index is -3.76. The van der Waals surface area contributed by atoms with Gasteiger partial charge in [0.15, 0.2) is 0 Å². The minimum Gasteiger partial charge on any atom is -0.306 e. The van der Waals surface area contributed by atoms with Gasteiger partial charge < -0.3 is 4.40 Å². The molecule has 4 aromatic rings. The van der Waals surface area contributed by atoms with Gasteiger partial charge in [0.1, 0.15) is 5.65 Å². The van der Waals surface area contributed by atoms with Crippen LogP contribution in [0.4, 0.5) is 5.69 Å². The normalized spacial score (nSPS) is 11.7. The Hall–Kier alpha value is -3.12. The highest BCUT2D eigenvalue weighted by Gasteiger charge is 2.23. The number of rotatable bonds is 4. The largest absolute Gasteiger partial charge is 0.306 e. The summed E-state index contributed by atoms with van der Waals surface area (Å²) in [5, 5.41) is 0. The van der Waals surface area contributed by atoms with Gasteiger partial charge in [-0.05, 0) is 68.1 Å². The van der Waals surface area contributed by atoms with Gasteiger partial charge >= 0.3 is 0 Å². The number of hydrogen-bond donors (Lipinski definition) is 1. The molecule has 2 aromatic heterocycles. The van der Waals surface area contributed by atoms with Crippen LogP contribution in [-0.2, 0) is 10.0 Å². The van der Waals surface area contributed by atoms with Gasteiger partial charge in [-0.15, -0.1) is 0 Å². The van der Waals surface area contributed by atoms with E-state index >= 15 is 0 Å². The zero-order valence-corrected chi connectivity index (χ0v) is 17.7. The molecule has 2 heterocycles. The predicted octanol–water partition coefficient (Wildman–Crippen LogP) is 5.04. The van der Waals surface area contributed by atoms with Crippen molar-refractivity contribution in [1.82, 2.24) is 9.38 Å². The number of para-hydroxylation sites is 1. The van der Waals surface area contributed by atoms with Crippen LogP contribution in [0.25, 0.3) is 16.9 Å². The van der Waals surface area contributed by atoms with E-state index in [9.17, 15) is 8.42 Å². The lowest BCUT2D eigenvalue weighted by molar-refractivity contribution is 0.599. The molecule has 0 saturated carbocycles. The van der Waals surface area contributed by atoms with Gasteiger partial charge in [-0.2, -0.15) is 0 Å². The molecule has 5 nitrogen and oxygen atoms in total. The van der Waals surface area contributed by atoms with Crippen molar-refractivity contribution < 1.29 is 8.42 Å². The number of aromatic nitrogens is 2. The van der Waals surface area contributed by atoms with Crippen LogP contribution in [0.2, 0.25) is 0 Å². The number of imidazole rings is 1. The summed E-state index contributed by atoms with van der Waals surface area (Å²) >= 11 is 0. The van der Waals surface area contributed by atoms with Crippen molar-refractivity contribution in [2.45, 2.75) is 32.6 Å². The first-order chi connectivity index (χ1) is 13.8. The van der Waals surface area contributed by atoms with Crippen molar-refractivity contribution in [2.24, 2.45) is 0 Å². The molecule has 4 rings (SSSR count). The van der Waals surface area contributed by atoms with Crippen LogP contribution in [0.3, 0.4) is 0 Å². The molecule has 148 valence electrons. The number of nitrogens with zero attached hydrogens (tertiary/aromatic N) is 2. The third kappa shape index (κ3) is 3.40. The van der Waals surface area contributed by atoms with E-state index in [1.165, 1.54) is 0 Å². The second-order valence-corrected chi connectivity index (χ2v) is 8.95. The highest BCUT2D eigenvalue weighted by Crippen LogP contribution is 2.32. The first-order valence-corrected chi connectivity index (χ1v) is 10.9. The van der Waals surface area contributed by atoms with Crippen molar-refractivity contribution >= 4 is 21.4 Å². The smallest absolute Gasteiger partial charge is 0.262 e. The van der Waals surface area contributed by atoms with Gasteiger partial charge in [0, 0.05) is 18.0 Å². The maximum absolute atomic E-state index is 13.4. The SMILES string of the molecule is Cc1cc(C)c(C)c(S(=O)(=O)Nc2ccccc2-c2cn3ccccc3n2)c1C. The molecule has 0 aliphatic heterocycles. The van der Waals surface area contributed by atoms with Crippen LogP contribution >= 0.6 is 0 Å². The third-order valence-corrected chi connectivity index (χ3v) is 7.02. The van der Waals surface area contributed by atoms with Gasteiger partial charge in [-0.25, -0.2) is 13.4 Å². The second kappa shape index (κ2) is 7.04. The third-order valence-electron chi connectivity index (χ3n) is 5.38. The zero-order chi connectivity index (χ0) is 20.8. The van der Waals surface area contributed by atoms with Crippen molar-refractivity contribution in [3.05, 3.63) is 83.2 Å². The molecule has 0 unspecified atom stereocenters. The number of hydrogen-bond acceptors (Lipinski definition) is 3. The summed E-state index contributed by atoms with van der Waals surface area (Å²) in [6, 6.07) is 15.1. The van der Waals surface area contributed by atoms with Crippen molar-refractivity contribution in [3.63, 3.8) is 0 Å². The molecule has 0 spiro atoms. The Labute approximate surface area is 171 Å². The molecule has 0 amide bonds. The Morgan fingerprint density at radius 1 is 0.897 bits per heavy atom. The Morgan fingerprint density at radius 3 is 2.24 bits per heavy atom. The Kier molecular flexibility index (Phi) is 4.67. The number of pyridine rings is 1. The summed E-state index contributed by atoms with van der Waals surface area (Å²) in [6.07, 6.45) is 3.82. The number of benzene rings is 2. The van der Waals surface area contributed by atoms with E-state index in [2.05, 4.69) is 9.71 Å². The lowest BCUT2D eigenvalue weighted by Gasteiger charge is -2.18. The highest BCUT2D eigenvalue weighted by atomic mass is 32.2. The van der Waals surface area contributed by atoms with Crippen LogP contribution in [-0.4, -0.2) is 17.8 Å². The van der Waals surface area contributed by atoms with Crippen LogP contribution in [0.15, 0.2) is 65.8 Å². The van der Waals surface area contributed by atoms with E-state index in [1.54, 1.807) is 6.07 Å². The first kappa shape index (κ1) is 19.2. The summed E-state index contributed by atoms with van der Waals surface area (Å²) in [7, 11) is -3.76. The molecule has 0 saturated heterocycles.